The highest BCUT2D eigenvalue weighted by molar-refractivity contribution is 9.11. The van der Waals surface area contributed by atoms with Crippen LogP contribution in [-0.2, 0) is 4.74 Å². The fourth-order valence-electron chi connectivity index (χ4n) is 2.89. The summed E-state index contributed by atoms with van der Waals surface area (Å²) in [7, 11) is 0. The van der Waals surface area contributed by atoms with E-state index in [9.17, 15) is 0 Å². The zero-order valence-electron chi connectivity index (χ0n) is 12.7. The SMILES string of the molecule is CCCNC(CCCC1CCCO1)c1ccc(Br)cc1Br. The van der Waals surface area contributed by atoms with E-state index in [4.69, 9.17) is 4.74 Å². The minimum Gasteiger partial charge on any atom is -0.378 e. The normalized spacial score (nSPS) is 19.9. The monoisotopic (exact) mass is 417 g/mol. The Bertz CT molecular complexity index is 433. The van der Waals surface area contributed by atoms with Crippen LogP contribution in [-0.4, -0.2) is 19.3 Å². The molecule has 1 aliphatic heterocycles. The molecule has 0 saturated carbocycles. The van der Waals surface area contributed by atoms with Crippen molar-refractivity contribution in [1.82, 2.24) is 5.32 Å². The molecule has 4 heteroatoms. The van der Waals surface area contributed by atoms with Crippen LogP contribution in [0.3, 0.4) is 0 Å². The van der Waals surface area contributed by atoms with Crippen LogP contribution in [0.1, 0.15) is 57.1 Å². The van der Waals surface area contributed by atoms with Gasteiger partial charge in [-0.15, -0.1) is 0 Å². The first-order chi connectivity index (χ1) is 10.2. The van der Waals surface area contributed by atoms with Gasteiger partial charge in [-0.05, 0) is 62.8 Å². The lowest BCUT2D eigenvalue weighted by Gasteiger charge is -2.21. The van der Waals surface area contributed by atoms with Crippen LogP contribution < -0.4 is 5.32 Å². The van der Waals surface area contributed by atoms with Gasteiger partial charge in [-0.25, -0.2) is 0 Å². The average molecular weight is 419 g/mol. The lowest BCUT2D eigenvalue weighted by atomic mass is 9.99. The summed E-state index contributed by atoms with van der Waals surface area (Å²) in [6.07, 6.45) is 7.73. The third-order valence-electron chi connectivity index (χ3n) is 4.02. The summed E-state index contributed by atoms with van der Waals surface area (Å²) < 4.78 is 8.03. The number of halogens is 2. The van der Waals surface area contributed by atoms with Crippen molar-refractivity contribution in [3.05, 3.63) is 32.7 Å². The Kier molecular flexibility index (Phi) is 7.72. The molecule has 118 valence electrons. The molecule has 1 aromatic rings. The molecule has 2 nitrogen and oxygen atoms in total. The molecule has 1 fully saturated rings. The van der Waals surface area contributed by atoms with Crippen molar-refractivity contribution in [3.8, 4) is 0 Å². The lowest BCUT2D eigenvalue weighted by molar-refractivity contribution is 0.101. The quantitative estimate of drug-likeness (QED) is 0.592. The van der Waals surface area contributed by atoms with E-state index in [1.165, 1.54) is 42.1 Å². The molecular weight excluding hydrogens is 394 g/mol. The fraction of sp³-hybridized carbons (Fsp3) is 0.647. The fourth-order valence-corrected chi connectivity index (χ4v) is 4.22. The summed E-state index contributed by atoms with van der Waals surface area (Å²) in [4.78, 5) is 0. The highest BCUT2D eigenvalue weighted by Crippen LogP contribution is 2.30. The van der Waals surface area contributed by atoms with Crippen molar-refractivity contribution in [1.29, 1.82) is 0 Å². The van der Waals surface area contributed by atoms with E-state index in [2.05, 4.69) is 62.3 Å². The maximum atomic E-state index is 5.73. The van der Waals surface area contributed by atoms with Gasteiger partial charge in [-0.3, -0.25) is 0 Å². The molecule has 0 spiro atoms. The van der Waals surface area contributed by atoms with Crippen molar-refractivity contribution in [2.75, 3.05) is 13.2 Å². The minimum atomic E-state index is 0.425. The van der Waals surface area contributed by atoms with E-state index in [0.29, 0.717) is 12.1 Å². The standard InChI is InChI=1S/C17H25Br2NO/c1-2-10-20-17(7-3-5-14-6-4-11-21-14)15-9-8-13(18)12-16(15)19/h8-9,12,14,17,20H,2-7,10-11H2,1H3. The van der Waals surface area contributed by atoms with Crippen LogP contribution in [0.25, 0.3) is 0 Å². The van der Waals surface area contributed by atoms with E-state index in [1.807, 2.05) is 0 Å². The summed E-state index contributed by atoms with van der Waals surface area (Å²) in [5.74, 6) is 0. The summed E-state index contributed by atoms with van der Waals surface area (Å²) >= 11 is 7.23. The zero-order chi connectivity index (χ0) is 15.1. The van der Waals surface area contributed by atoms with Crippen LogP contribution in [0.15, 0.2) is 27.1 Å². The molecule has 1 heterocycles. The second kappa shape index (κ2) is 9.29. The molecule has 2 unspecified atom stereocenters. The maximum absolute atomic E-state index is 5.73. The molecule has 1 aromatic carbocycles. The molecule has 21 heavy (non-hydrogen) atoms. The van der Waals surface area contributed by atoms with Crippen molar-refractivity contribution in [3.63, 3.8) is 0 Å². The average Bonchev–Trinajstić information content (AvgIpc) is 2.96. The molecular formula is C17H25Br2NO. The Balaban J connectivity index is 1.92. The Morgan fingerprint density at radius 2 is 2.24 bits per heavy atom. The van der Waals surface area contributed by atoms with Gasteiger partial charge >= 0.3 is 0 Å². The van der Waals surface area contributed by atoms with Crippen molar-refractivity contribution >= 4 is 31.9 Å². The van der Waals surface area contributed by atoms with Gasteiger partial charge in [0, 0.05) is 21.6 Å². The van der Waals surface area contributed by atoms with Crippen LogP contribution in [0.2, 0.25) is 0 Å². The first-order valence-electron chi connectivity index (χ1n) is 8.00. The predicted molar refractivity (Wildman–Crippen MR) is 95.7 cm³/mol. The van der Waals surface area contributed by atoms with Gasteiger partial charge in [0.15, 0.2) is 0 Å². The van der Waals surface area contributed by atoms with E-state index in [0.717, 1.165) is 24.0 Å². The molecule has 2 atom stereocenters. The largest absolute Gasteiger partial charge is 0.378 e. The van der Waals surface area contributed by atoms with Gasteiger partial charge in [0.05, 0.1) is 6.10 Å². The second-order valence-electron chi connectivity index (χ2n) is 5.74. The summed E-state index contributed by atoms with van der Waals surface area (Å²) in [6, 6.07) is 6.90. The Labute approximate surface area is 145 Å². The first-order valence-corrected chi connectivity index (χ1v) is 9.59. The Hall–Kier alpha value is 0.1000. The van der Waals surface area contributed by atoms with Gasteiger partial charge < -0.3 is 10.1 Å². The summed E-state index contributed by atoms with van der Waals surface area (Å²) in [5, 5.41) is 3.69. The van der Waals surface area contributed by atoms with Gasteiger partial charge in [-0.1, -0.05) is 44.8 Å². The van der Waals surface area contributed by atoms with Gasteiger partial charge in [0.2, 0.25) is 0 Å². The smallest absolute Gasteiger partial charge is 0.0576 e. The number of ether oxygens (including phenoxy) is 1. The Morgan fingerprint density at radius 1 is 1.38 bits per heavy atom. The van der Waals surface area contributed by atoms with Gasteiger partial charge in [0.25, 0.3) is 0 Å². The maximum Gasteiger partial charge on any atom is 0.0576 e. The third-order valence-corrected chi connectivity index (χ3v) is 5.20. The summed E-state index contributed by atoms with van der Waals surface area (Å²) in [5.41, 5.74) is 1.36. The van der Waals surface area contributed by atoms with E-state index < -0.39 is 0 Å². The first kappa shape index (κ1) is 17.5. The predicted octanol–water partition coefficient (Wildman–Crippen LogP) is 5.60. The van der Waals surface area contributed by atoms with E-state index in [-0.39, 0.29) is 0 Å². The topological polar surface area (TPSA) is 21.3 Å². The van der Waals surface area contributed by atoms with Crippen LogP contribution >= 0.6 is 31.9 Å². The van der Waals surface area contributed by atoms with Crippen molar-refractivity contribution in [2.24, 2.45) is 0 Å². The molecule has 0 aliphatic carbocycles. The number of hydrogen-bond donors (Lipinski definition) is 1. The van der Waals surface area contributed by atoms with Crippen LogP contribution in [0.4, 0.5) is 0 Å². The molecule has 2 rings (SSSR count). The zero-order valence-corrected chi connectivity index (χ0v) is 15.9. The van der Waals surface area contributed by atoms with E-state index >= 15 is 0 Å². The third kappa shape index (κ3) is 5.66. The summed E-state index contributed by atoms with van der Waals surface area (Å²) in [6.45, 7) is 4.24. The van der Waals surface area contributed by atoms with Crippen LogP contribution in [0.5, 0.6) is 0 Å². The number of hydrogen-bond acceptors (Lipinski definition) is 2. The van der Waals surface area contributed by atoms with Crippen molar-refractivity contribution in [2.45, 2.75) is 57.6 Å². The molecule has 1 N–H and O–H groups in total. The lowest BCUT2D eigenvalue weighted by Crippen LogP contribution is -2.23. The number of rotatable bonds is 8. The highest BCUT2D eigenvalue weighted by atomic mass is 79.9. The molecule has 0 amide bonds. The van der Waals surface area contributed by atoms with E-state index in [1.54, 1.807) is 0 Å². The van der Waals surface area contributed by atoms with Crippen LogP contribution in [0, 0.1) is 0 Å². The number of benzene rings is 1. The molecule has 0 radical (unpaired) electrons. The van der Waals surface area contributed by atoms with Gasteiger partial charge in [-0.2, -0.15) is 0 Å². The molecule has 0 aromatic heterocycles. The van der Waals surface area contributed by atoms with Crippen molar-refractivity contribution < 1.29 is 4.74 Å². The molecule has 0 bridgehead atoms. The Morgan fingerprint density at radius 3 is 2.90 bits per heavy atom. The second-order valence-corrected chi connectivity index (χ2v) is 7.51. The van der Waals surface area contributed by atoms with Gasteiger partial charge in [0.1, 0.15) is 0 Å². The number of nitrogens with one attached hydrogen (secondary N) is 1. The highest BCUT2D eigenvalue weighted by Gasteiger charge is 2.18. The minimum absolute atomic E-state index is 0.425. The molecule has 1 saturated heterocycles. The molecule has 1 aliphatic rings.